The van der Waals surface area contributed by atoms with Crippen molar-refractivity contribution in [1.29, 1.82) is 0 Å². The first-order valence-electron chi connectivity index (χ1n) is 9.21. The third-order valence-electron chi connectivity index (χ3n) is 4.30. The first kappa shape index (κ1) is 31.8. The first-order chi connectivity index (χ1) is 14.7. The maximum absolute atomic E-state index is 12.1. The number of methoxy groups -OCH3 is 2. The maximum Gasteiger partial charge on any atom is 2.00 e. The number of rotatable bonds is 2. The Hall–Kier alpha value is -1.34. The van der Waals surface area contributed by atoms with Crippen LogP contribution in [0.4, 0.5) is 0 Å². The Kier molecular flexibility index (Phi) is 21.1. The van der Waals surface area contributed by atoms with Gasteiger partial charge in [0.15, 0.2) is 5.78 Å². The number of hydrogen-bond donors (Lipinski definition) is 0. The second-order valence-electron chi connectivity index (χ2n) is 6.05. The molecular weight excluding hydrogens is 564 g/mol. The molecule has 2 saturated carbocycles. The van der Waals surface area contributed by atoms with Gasteiger partial charge >= 0.3 is 43.7 Å². The molecule has 0 bridgehead atoms. The van der Waals surface area contributed by atoms with E-state index < -0.39 is 0 Å². The van der Waals surface area contributed by atoms with Crippen LogP contribution in [0.2, 0.25) is 0 Å². The Morgan fingerprint density at radius 1 is 0.774 bits per heavy atom. The first-order valence-corrected chi connectivity index (χ1v) is 9.21. The van der Waals surface area contributed by atoms with Crippen LogP contribution in [0.1, 0.15) is 29.3 Å². The van der Waals surface area contributed by atoms with Gasteiger partial charge < -0.3 is 9.47 Å². The monoisotopic (exact) mass is 590 g/mol. The molecule has 0 N–H and O–H groups in total. The molecule has 1 unspecified atom stereocenters. The van der Waals surface area contributed by atoms with Crippen molar-refractivity contribution in [1.82, 2.24) is 0 Å². The molecule has 3 aliphatic rings. The number of hydrogen-bond acceptors (Lipinski definition) is 3. The number of fused-ring (bicyclic) bond motifs is 1. The number of benzene rings is 1. The quantitative estimate of drug-likeness (QED) is 0.378. The molecule has 2 fully saturated rings. The summed E-state index contributed by atoms with van der Waals surface area (Å²) in [7, 11) is 3.22. The Bertz CT molecular complexity index is 615. The minimum absolute atomic E-state index is 0. The van der Waals surface area contributed by atoms with Crippen molar-refractivity contribution in [2.75, 3.05) is 14.2 Å². The van der Waals surface area contributed by atoms with Crippen LogP contribution in [0.5, 0.6) is 11.5 Å². The van der Waals surface area contributed by atoms with Crippen LogP contribution < -0.4 is 9.47 Å². The van der Waals surface area contributed by atoms with Crippen LogP contribution in [0, 0.1) is 83.4 Å². The van der Waals surface area contributed by atoms with E-state index in [1.54, 1.807) is 20.3 Å². The van der Waals surface area contributed by atoms with Crippen molar-refractivity contribution in [3.05, 3.63) is 101 Å². The summed E-state index contributed by atoms with van der Waals surface area (Å²) in [5.41, 5.74) is 1.70. The molecule has 1 atom stereocenters. The molecule has 0 aliphatic heterocycles. The van der Waals surface area contributed by atoms with Gasteiger partial charge in [-0.1, -0.05) is 6.92 Å². The van der Waals surface area contributed by atoms with Crippen molar-refractivity contribution in [3.63, 3.8) is 0 Å². The molecule has 31 heavy (non-hydrogen) atoms. The molecule has 10 radical (unpaired) electrons. The smallest absolute Gasteiger partial charge is 0.0312 e. The van der Waals surface area contributed by atoms with Crippen molar-refractivity contribution in [3.8, 4) is 11.5 Å². The molecule has 0 aromatic heterocycles. The van der Waals surface area contributed by atoms with Gasteiger partial charge in [-0.3, -0.25) is 4.79 Å². The summed E-state index contributed by atoms with van der Waals surface area (Å²) in [5.74, 6) is 1.69. The normalized spacial score (nSPS) is 17.8. The molecule has 0 spiro atoms. The van der Waals surface area contributed by atoms with Gasteiger partial charge in [-0.15, -0.1) is 0 Å². The van der Waals surface area contributed by atoms with E-state index in [0.29, 0.717) is 11.3 Å². The zero-order valence-electron chi connectivity index (χ0n) is 17.9. The summed E-state index contributed by atoms with van der Waals surface area (Å²) in [4.78, 5) is 12.1. The summed E-state index contributed by atoms with van der Waals surface area (Å²) < 4.78 is 25.5. The summed E-state index contributed by atoms with van der Waals surface area (Å²) >= 11 is 0. The van der Waals surface area contributed by atoms with Crippen LogP contribution in [0.3, 0.4) is 0 Å². The number of Topliss-reactive ketones (excluding diaryl/α,β-unsaturated/α-hetero) is 1. The predicted molar refractivity (Wildman–Crippen MR) is 112 cm³/mol. The van der Waals surface area contributed by atoms with Gasteiger partial charge in [0.1, 0.15) is 11.5 Å². The molecule has 3 aliphatic carbocycles. The summed E-state index contributed by atoms with van der Waals surface area (Å²) in [5, 5.41) is 0. The summed E-state index contributed by atoms with van der Waals surface area (Å²) in [6.45, 7) is 11.0. The second-order valence-corrected chi connectivity index (χ2v) is 6.05. The van der Waals surface area contributed by atoms with E-state index in [1.165, 1.54) is 0 Å². The largest absolute Gasteiger partial charge is 2.00 e. The molecule has 160 valence electrons. The predicted octanol–water partition coefficient (Wildman–Crippen LogP) is 4.43. The number of ketones is 1. The van der Waals surface area contributed by atoms with Gasteiger partial charge in [0, 0.05) is 11.5 Å². The number of carbonyl (C=O) groups is 1. The molecular formula is C25H26O5W+2. The standard InChI is InChI=1S/C13H16O3.2C5H5.2CO.W/c1-8-4-5-9-10(15-2)6-7-11(16-3)12(9)13(8)14;2*1-2-4-5-3-1;2*1-2;/h6-8H,4-5H2,1-3H3;2*1-5H;;;/q;;;;;+2. The van der Waals surface area contributed by atoms with E-state index in [4.69, 9.17) is 18.8 Å². The Morgan fingerprint density at radius 2 is 1.13 bits per heavy atom. The Balaban J connectivity index is 0. The summed E-state index contributed by atoms with van der Waals surface area (Å²) in [6, 6.07) is 3.66. The average molecular weight is 590 g/mol. The van der Waals surface area contributed by atoms with Gasteiger partial charge in [0.05, 0.1) is 19.8 Å². The van der Waals surface area contributed by atoms with E-state index in [2.05, 4.69) is 13.3 Å². The van der Waals surface area contributed by atoms with Gasteiger partial charge in [-0.05, 0) is 89.2 Å². The Morgan fingerprint density at radius 3 is 1.48 bits per heavy atom. The third-order valence-corrected chi connectivity index (χ3v) is 4.30. The number of carbonyl (C=O) groups excluding carboxylic acids is 1. The van der Waals surface area contributed by atoms with Crippen LogP contribution in [-0.2, 0) is 36.8 Å². The fourth-order valence-electron chi connectivity index (χ4n) is 2.87. The minimum Gasteiger partial charge on any atom is -0.0312 e. The SMILES string of the molecule is COc1ccc(OC)c2c1CCC(C)C2=O.[C-]#[O+].[C-]#[O+].[CH]1[CH][CH][CH][CH]1.[CH]1[CH][CH][CH][CH]1.[W+2]. The van der Waals surface area contributed by atoms with E-state index in [1.807, 2.05) is 77.2 Å². The fourth-order valence-corrected chi connectivity index (χ4v) is 2.87. The van der Waals surface area contributed by atoms with E-state index in [9.17, 15) is 4.79 Å². The van der Waals surface area contributed by atoms with E-state index in [0.717, 1.165) is 24.2 Å². The molecule has 0 saturated heterocycles. The van der Waals surface area contributed by atoms with Crippen LogP contribution in [0.15, 0.2) is 12.1 Å². The average Bonchev–Trinajstić information content (AvgIpc) is 3.57. The minimum atomic E-state index is 0. The molecule has 4 rings (SSSR count). The van der Waals surface area contributed by atoms with Gasteiger partial charge in [0.2, 0.25) is 0 Å². The topological polar surface area (TPSA) is 75.3 Å². The molecule has 5 nitrogen and oxygen atoms in total. The van der Waals surface area contributed by atoms with Crippen molar-refractivity contribution >= 4 is 5.78 Å². The van der Waals surface area contributed by atoms with Crippen LogP contribution >= 0.6 is 0 Å². The van der Waals surface area contributed by atoms with Gasteiger partial charge in [-0.2, -0.15) is 0 Å². The molecule has 6 heteroatoms. The molecule has 0 amide bonds. The number of ether oxygens (including phenoxy) is 2. The van der Waals surface area contributed by atoms with Crippen molar-refractivity contribution < 1.29 is 44.6 Å². The van der Waals surface area contributed by atoms with Crippen molar-refractivity contribution in [2.45, 2.75) is 19.8 Å². The zero-order chi connectivity index (χ0) is 22.8. The Labute approximate surface area is 202 Å². The summed E-state index contributed by atoms with van der Waals surface area (Å²) in [6.07, 6.45) is 21.8. The molecule has 1 aromatic carbocycles. The maximum atomic E-state index is 12.1. The molecule has 1 aromatic rings. The van der Waals surface area contributed by atoms with Crippen LogP contribution in [-0.4, -0.2) is 20.0 Å². The van der Waals surface area contributed by atoms with E-state index >= 15 is 0 Å². The van der Waals surface area contributed by atoms with Gasteiger partial charge in [0.25, 0.3) is 0 Å². The van der Waals surface area contributed by atoms with Crippen molar-refractivity contribution in [2.24, 2.45) is 5.92 Å². The fraction of sp³-hybridized carbons (Fsp3) is 0.240. The second kappa shape index (κ2) is 20.6. The molecule has 0 heterocycles. The third kappa shape index (κ3) is 11.2. The van der Waals surface area contributed by atoms with Crippen LogP contribution in [0.25, 0.3) is 0 Å². The zero-order valence-corrected chi connectivity index (χ0v) is 20.8. The van der Waals surface area contributed by atoms with Gasteiger partial charge in [-0.25, -0.2) is 0 Å². The van der Waals surface area contributed by atoms with E-state index in [-0.39, 0.29) is 32.8 Å².